The van der Waals surface area contributed by atoms with E-state index in [2.05, 4.69) is 12.2 Å². The number of carbonyl (C=O) groups excluding carboxylic acids is 2. The Morgan fingerprint density at radius 3 is 2.67 bits per heavy atom. The Morgan fingerprint density at radius 1 is 1.25 bits per heavy atom. The largest absolute Gasteiger partial charge is 0.449 e. The number of benzene rings is 1. The summed E-state index contributed by atoms with van der Waals surface area (Å²) in [7, 11) is 0. The lowest BCUT2D eigenvalue weighted by Gasteiger charge is -2.30. The van der Waals surface area contributed by atoms with Crippen molar-refractivity contribution in [2.45, 2.75) is 58.6 Å². The molecule has 3 atom stereocenters. The maximum Gasteiger partial charge on any atom is 0.331 e. The first-order valence-electron chi connectivity index (χ1n) is 8.72. The third kappa shape index (κ3) is 5.22. The average Bonchev–Trinajstić information content (AvgIpc) is 2.56. The SMILES string of the molecule is Cc1ccccc1/C=C/C(=O)O[C@H](C)C(=O)N[C@H]1CCCC[C@@H]1C. The lowest BCUT2D eigenvalue weighted by atomic mass is 9.86. The van der Waals surface area contributed by atoms with Crippen LogP contribution in [0.2, 0.25) is 0 Å². The van der Waals surface area contributed by atoms with Gasteiger partial charge in [0.05, 0.1) is 0 Å². The molecule has 0 bridgehead atoms. The number of hydrogen-bond acceptors (Lipinski definition) is 3. The van der Waals surface area contributed by atoms with Crippen molar-refractivity contribution in [3.8, 4) is 0 Å². The fourth-order valence-corrected chi connectivity index (χ4v) is 3.03. The summed E-state index contributed by atoms with van der Waals surface area (Å²) in [5.74, 6) is -0.240. The molecule has 0 aliphatic heterocycles. The van der Waals surface area contributed by atoms with Crippen LogP contribution in [-0.2, 0) is 14.3 Å². The summed E-state index contributed by atoms with van der Waals surface area (Å²) in [4.78, 5) is 24.1. The van der Waals surface area contributed by atoms with Crippen LogP contribution in [0.25, 0.3) is 6.08 Å². The second-order valence-electron chi connectivity index (χ2n) is 6.65. The summed E-state index contributed by atoms with van der Waals surface area (Å²) in [5.41, 5.74) is 2.04. The smallest absolute Gasteiger partial charge is 0.331 e. The highest BCUT2D eigenvalue weighted by Gasteiger charge is 2.25. The van der Waals surface area contributed by atoms with E-state index in [1.807, 2.05) is 31.2 Å². The van der Waals surface area contributed by atoms with Gasteiger partial charge in [-0.3, -0.25) is 4.79 Å². The highest BCUT2D eigenvalue weighted by Crippen LogP contribution is 2.23. The second kappa shape index (κ2) is 8.67. The van der Waals surface area contributed by atoms with Crippen LogP contribution in [0.1, 0.15) is 50.7 Å². The lowest BCUT2D eigenvalue weighted by Crippen LogP contribution is -2.45. The van der Waals surface area contributed by atoms with Crippen LogP contribution in [0.3, 0.4) is 0 Å². The van der Waals surface area contributed by atoms with Gasteiger partial charge in [0.1, 0.15) is 0 Å². The zero-order valence-electron chi connectivity index (χ0n) is 14.7. The predicted molar refractivity (Wildman–Crippen MR) is 95.3 cm³/mol. The highest BCUT2D eigenvalue weighted by atomic mass is 16.5. The molecule has 4 heteroatoms. The van der Waals surface area contributed by atoms with E-state index in [-0.39, 0.29) is 11.9 Å². The zero-order valence-corrected chi connectivity index (χ0v) is 14.7. The van der Waals surface area contributed by atoms with Crippen molar-refractivity contribution < 1.29 is 14.3 Å². The second-order valence-corrected chi connectivity index (χ2v) is 6.65. The third-order valence-electron chi connectivity index (χ3n) is 4.69. The Morgan fingerprint density at radius 2 is 1.96 bits per heavy atom. The average molecular weight is 329 g/mol. The summed E-state index contributed by atoms with van der Waals surface area (Å²) in [6.07, 6.45) is 6.80. The molecule has 1 amide bonds. The number of aryl methyl sites for hydroxylation is 1. The first-order chi connectivity index (χ1) is 11.5. The van der Waals surface area contributed by atoms with Crippen LogP contribution in [0.15, 0.2) is 30.3 Å². The molecule has 2 rings (SSSR count). The minimum atomic E-state index is -0.784. The van der Waals surface area contributed by atoms with Crippen LogP contribution in [-0.4, -0.2) is 24.0 Å². The summed E-state index contributed by atoms with van der Waals surface area (Å²) >= 11 is 0. The Labute approximate surface area is 144 Å². The fourth-order valence-electron chi connectivity index (χ4n) is 3.03. The molecule has 1 aliphatic carbocycles. The van der Waals surface area contributed by atoms with Gasteiger partial charge in [0, 0.05) is 12.1 Å². The Balaban J connectivity index is 1.84. The quantitative estimate of drug-likeness (QED) is 0.663. The molecule has 1 aliphatic rings. The molecule has 0 aromatic heterocycles. The van der Waals surface area contributed by atoms with Crippen LogP contribution in [0.5, 0.6) is 0 Å². The Hall–Kier alpha value is -2.10. The maximum absolute atomic E-state index is 12.2. The van der Waals surface area contributed by atoms with E-state index in [1.54, 1.807) is 13.0 Å². The molecule has 130 valence electrons. The minimum absolute atomic E-state index is 0.190. The molecule has 0 spiro atoms. The molecular formula is C20H27NO3. The van der Waals surface area contributed by atoms with E-state index in [1.165, 1.54) is 12.5 Å². The van der Waals surface area contributed by atoms with Crippen LogP contribution in [0.4, 0.5) is 0 Å². The van der Waals surface area contributed by atoms with Gasteiger partial charge < -0.3 is 10.1 Å². The molecule has 4 nitrogen and oxygen atoms in total. The first-order valence-corrected chi connectivity index (χ1v) is 8.72. The number of carbonyl (C=O) groups is 2. The van der Waals surface area contributed by atoms with E-state index < -0.39 is 12.1 Å². The lowest BCUT2D eigenvalue weighted by molar-refractivity contribution is -0.150. The van der Waals surface area contributed by atoms with Gasteiger partial charge in [0.15, 0.2) is 6.10 Å². The number of amides is 1. The number of esters is 1. The Bertz CT molecular complexity index is 609. The fraction of sp³-hybridized carbons (Fsp3) is 0.500. The molecule has 1 saturated carbocycles. The van der Waals surface area contributed by atoms with Crippen molar-refractivity contribution in [2.75, 3.05) is 0 Å². The molecule has 1 N–H and O–H groups in total. The molecule has 0 heterocycles. The molecule has 1 aromatic carbocycles. The summed E-state index contributed by atoms with van der Waals surface area (Å²) < 4.78 is 5.21. The number of ether oxygens (including phenoxy) is 1. The highest BCUT2D eigenvalue weighted by molar-refractivity contribution is 5.90. The van der Waals surface area contributed by atoms with Crippen molar-refractivity contribution in [1.29, 1.82) is 0 Å². The topological polar surface area (TPSA) is 55.4 Å². The normalized spacial score (nSPS) is 22.1. The molecule has 24 heavy (non-hydrogen) atoms. The van der Waals surface area contributed by atoms with Crippen molar-refractivity contribution in [3.05, 3.63) is 41.5 Å². The molecule has 0 unspecified atom stereocenters. The van der Waals surface area contributed by atoms with E-state index in [0.29, 0.717) is 5.92 Å². The van der Waals surface area contributed by atoms with Gasteiger partial charge in [-0.2, -0.15) is 0 Å². The molecule has 0 saturated heterocycles. The maximum atomic E-state index is 12.2. The standard InChI is InChI=1S/C20H27NO3/c1-14-8-4-6-10-17(14)12-13-19(22)24-16(3)20(23)21-18-11-7-5-9-15(18)2/h4,6,8,10,12-13,15-16,18H,5,7,9,11H2,1-3H3,(H,21,23)/b13-12+/t15-,16+,18-/m0/s1. The predicted octanol–water partition coefficient (Wildman–Crippen LogP) is 3.63. The van der Waals surface area contributed by atoms with Crippen LogP contribution >= 0.6 is 0 Å². The molecule has 1 aromatic rings. The number of nitrogens with one attached hydrogen (secondary N) is 1. The van der Waals surface area contributed by atoms with Crippen LogP contribution < -0.4 is 5.32 Å². The minimum Gasteiger partial charge on any atom is -0.449 e. The van der Waals surface area contributed by atoms with E-state index in [4.69, 9.17) is 4.74 Å². The van der Waals surface area contributed by atoms with Crippen molar-refractivity contribution in [2.24, 2.45) is 5.92 Å². The summed E-state index contributed by atoms with van der Waals surface area (Å²) in [6, 6.07) is 7.96. The van der Waals surface area contributed by atoms with Gasteiger partial charge in [-0.15, -0.1) is 0 Å². The zero-order chi connectivity index (χ0) is 17.5. The molecular weight excluding hydrogens is 302 g/mol. The monoisotopic (exact) mass is 329 g/mol. The van der Waals surface area contributed by atoms with Crippen molar-refractivity contribution in [1.82, 2.24) is 5.32 Å². The Kier molecular flexibility index (Phi) is 6.59. The van der Waals surface area contributed by atoms with Gasteiger partial charge >= 0.3 is 5.97 Å². The van der Waals surface area contributed by atoms with Gasteiger partial charge in [-0.05, 0) is 49.8 Å². The van der Waals surface area contributed by atoms with Crippen molar-refractivity contribution >= 4 is 18.0 Å². The van der Waals surface area contributed by atoms with Gasteiger partial charge in [0.25, 0.3) is 5.91 Å². The molecule has 0 radical (unpaired) electrons. The van der Waals surface area contributed by atoms with E-state index >= 15 is 0 Å². The summed E-state index contributed by atoms with van der Waals surface area (Å²) in [5, 5.41) is 3.02. The first kappa shape index (κ1) is 18.2. The number of rotatable bonds is 5. The van der Waals surface area contributed by atoms with Gasteiger partial charge in [0.2, 0.25) is 0 Å². The van der Waals surface area contributed by atoms with E-state index in [0.717, 1.165) is 30.4 Å². The summed E-state index contributed by atoms with van der Waals surface area (Å²) in [6.45, 7) is 5.75. The van der Waals surface area contributed by atoms with Gasteiger partial charge in [-0.1, -0.05) is 44.0 Å². The van der Waals surface area contributed by atoms with Gasteiger partial charge in [-0.25, -0.2) is 4.79 Å². The van der Waals surface area contributed by atoms with Crippen LogP contribution in [0, 0.1) is 12.8 Å². The molecule has 1 fully saturated rings. The number of hydrogen-bond donors (Lipinski definition) is 1. The third-order valence-corrected chi connectivity index (χ3v) is 4.69. The van der Waals surface area contributed by atoms with Crippen molar-refractivity contribution in [3.63, 3.8) is 0 Å². The van der Waals surface area contributed by atoms with E-state index in [9.17, 15) is 9.59 Å².